The number of nitrogens with zero attached hydrogens (tertiary/aromatic N) is 3. The minimum Gasteiger partial charge on any atom is -0.342 e. The molecule has 2 heterocycles. The van der Waals surface area contributed by atoms with Gasteiger partial charge in [-0.1, -0.05) is 6.92 Å². The number of carbonyl (C=O) groups excluding carboxylic acids is 1. The summed E-state index contributed by atoms with van der Waals surface area (Å²) in [5.74, 6) is 0.903. The van der Waals surface area contributed by atoms with E-state index in [9.17, 15) is 4.79 Å². The van der Waals surface area contributed by atoms with Gasteiger partial charge in [-0.3, -0.25) is 9.48 Å². The first-order valence-electron chi connectivity index (χ1n) is 7.61. The van der Waals surface area contributed by atoms with E-state index in [4.69, 9.17) is 0 Å². The Hall–Kier alpha value is -0.780. The predicted molar refractivity (Wildman–Crippen MR) is 94.0 cm³/mol. The number of nitrogens with one attached hydrogen (secondary N) is 1. The first kappa shape index (κ1) is 21.2. The van der Waals surface area contributed by atoms with Gasteiger partial charge in [-0.25, -0.2) is 0 Å². The van der Waals surface area contributed by atoms with Crippen molar-refractivity contribution in [3.63, 3.8) is 0 Å². The summed E-state index contributed by atoms with van der Waals surface area (Å²) in [7, 11) is 1.89. The molecular formula is C15H28Cl2N4O. The van der Waals surface area contributed by atoms with Crippen molar-refractivity contribution in [2.75, 3.05) is 26.7 Å². The van der Waals surface area contributed by atoms with Crippen LogP contribution < -0.4 is 5.32 Å². The van der Waals surface area contributed by atoms with Crippen LogP contribution in [0.3, 0.4) is 0 Å². The summed E-state index contributed by atoms with van der Waals surface area (Å²) < 4.78 is 1.97. The van der Waals surface area contributed by atoms with Crippen LogP contribution in [0.2, 0.25) is 0 Å². The number of hydrogen-bond acceptors (Lipinski definition) is 3. The number of piperidine rings is 1. The van der Waals surface area contributed by atoms with Gasteiger partial charge in [0.05, 0.1) is 6.20 Å². The lowest BCUT2D eigenvalue weighted by Crippen LogP contribution is -2.42. The summed E-state index contributed by atoms with van der Waals surface area (Å²) in [5.41, 5.74) is 1.32. The molecule has 22 heavy (non-hydrogen) atoms. The van der Waals surface area contributed by atoms with Gasteiger partial charge in [-0.05, 0) is 38.3 Å². The fourth-order valence-electron chi connectivity index (χ4n) is 2.90. The molecule has 2 rings (SSSR count). The SMILES string of the molecule is CCn1cc(C2CCN(C(=O)C(C)CNC)CC2)cn1.Cl.Cl. The zero-order chi connectivity index (χ0) is 14.5. The Balaban J connectivity index is 0.00000220. The van der Waals surface area contributed by atoms with Crippen LogP contribution in [0.1, 0.15) is 38.2 Å². The lowest BCUT2D eigenvalue weighted by Gasteiger charge is -2.33. The van der Waals surface area contributed by atoms with E-state index in [1.807, 2.05) is 29.7 Å². The Morgan fingerprint density at radius 2 is 2.05 bits per heavy atom. The van der Waals surface area contributed by atoms with Crippen molar-refractivity contribution < 1.29 is 4.79 Å². The molecule has 0 radical (unpaired) electrons. The Morgan fingerprint density at radius 3 is 2.55 bits per heavy atom. The number of amides is 1. The predicted octanol–water partition coefficient (Wildman–Crippen LogP) is 2.31. The van der Waals surface area contributed by atoms with Crippen molar-refractivity contribution in [1.82, 2.24) is 20.0 Å². The molecule has 1 N–H and O–H groups in total. The second-order valence-corrected chi connectivity index (χ2v) is 5.69. The first-order valence-corrected chi connectivity index (χ1v) is 7.61. The molecule has 1 atom stereocenters. The zero-order valence-electron chi connectivity index (χ0n) is 13.6. The summed E-state index contributed by atoms with van der Waals surface area (Å²) in [6.07, 6.45) is 6.22. The highest BCUT2D eigenvalue weighted by molar-refractivity contribution is 5.85. The zero-order valence-corrected chi connectivity index (χ0v) is 15.3. The van der Waals surface area contributed by atoms with Crippen LogP contribution in [0.5, 0.6) is 0 Å². The third-order valence-electron chi connectivity index (χ3n) is 4.19. The van der Waals surface area contributed by atoms with E-state index in [1.165, 1.54) is 5.56 Å². The Morgan fingerprint density at radius 1 is 1.41 bits per heavy atom. The molecule has 0 saturated carbocycles. The maximum Gasteiger partial charge on any atom is 0.226 e. The second-order valence-electron chi connectivity index (χ2n) is 5.69. The van der Waals surface area contributed by atoms with E-state index in [2.05, 4.69) is 23.5 Å². The molecule has 1 aliphatic heterocycles. The van der Waals surface area contributed by atoms with Gasteiger partial charge in [0.15, 0.2) is 0 Å². The van der Waals surface area contributed by atoms with E-state index < -0.39 is 0 Å². The highest BCUT2D eigenvalue weighted by Gasteiger charge is 2.26. The molecule has 1 aromatic heterocycles. The van der Waals surface area contributed by atoms with Crippen molar-refractivity contribution in [3.05, 3.63) is 18.0 Å². The lowest BCUT2D eigenvalue weighted by atomic mass is 9.91. The van der Waals surface area contributed by atoms with Crippen molar-refractivity contribution in [1.29, 1.82) is 0 Å². The normalized spacial score (nSPS) is 16.6. The number of halogens is 2. The minimum atomic E-state index is 0. The van der Waals surface area contributed by atoms with Crippen LogP contribution >= 0.6 is 24.8 Å². The quantitative estimate of drug-likeness (QED) is 0.886. The number of rotatable bonds is 5. The summed E-state index contributed by atoms with van der Waals surface area (Å²) in [5, 5.41) is 7.42. The maximum atomic E-state index is 12.3. The van der Waals surface area contributed by atoms with E-state index in [-0.39, 0.29) is 36.6 Å². The average Bonchev–Trinajstić information content (AvgIpc) is 2.96. The van der Waals surface area contributed by atoms with Gasteiger partial charge in [0, 0.05) is 38.3 Å². The van der Waals surface area contributed by atoms with Gasteiger partial charge in [-0.2, -0.15) is 5.10 Å². The third-order valence-corrected chi connectivity index (χ3v) is 4.19. The largest absolute Gasteiger partial charge is 0.342 e. The van der Waals surface area contributed by atoms with Crippen LogP contribution in [0.4, 0.5) is 0 Å². The number of aromatic nitrogens is 2. The van der Waals surface area contributed by atoms with Crippen LogP contribution in [0, 0.1) is 5.92 Å². The number of likely N-dealkylation sites (tertiary alicyclic amines) is 1. The van der Waals surface area contributed by atoms with E-state index in [0.29, 0.717) is 5.92 Å². The molecule has 7 heteroatoms. The van der Waals surface area contributed by atoms with Crippen molar-refractivity contribution in [3.8, 4) is 0 Å². The van der Waals surface area contributed by atoms with Gasteiger partial charge in [0.25, 0.3) is 0 Å². The smallest absolute Gasteiger partial charge is 0.226 e. The molecule has 1 amide bonds. The molecule has 0 bridgehead atoms. The third kappa shape index (κ3) is 5.14. The summed E-state index contributed by atoms with van der Waals surface area (Å²) in [4.78, 5) is 14.3. The van der Waals surface area contributed by atoms with Crippen molar-refractivity contribution in [2.45, 2.75) is 39.2 Å². The van der Waals surface area contributed by atoms with Crippen LogP contribution in [-0.4, -0.2) is 47.3 Å². The Labute approximate surface area is 145 Å². The average molecular weight is 351 g/mol. The molecular weight excluding hydrogens is 323 g/mol. The molecule has 1 unspecified atom stereocenters. The molecule has 1 fully saturated rings. The maximum absolute atomic E-state index is 12.3. The Bertz CT molecular complexity index is 445. The second kappa shape index (κ2) is 10.1. The standard InChI is InChI=1S/C15H26N4O.2ClH/c1-4-19-11-14(10-17-19)13-5-7-18(8-6-13)15(20)12(2)9-16-3;;/h10-13,16H,4-9H2,1-3H3;2*1H. The van der Waals surface area contributed by atoms with Crippen molar-refractivity contribution in [2.24, 2.45) is 5.92 Å². The fourth-order valence-corrected chi connectivity index (χ4v) is 2.90. The number of aryl methyl sites for hydroxylation is 1. The monoisotopic (exact) mass is 350 g/mol. The van der Waals surface area contributed by atoms with Gasteiger partial charge in [-0.15, -0.1) is 24.8 Å². The first-order chi connectivity index (χ1) is 9.65. The number of hydrogen-bond donors (Lipinski definition) is 1. The highest BCUT2D eigenvalue weighted by Crippen LogP contribution is 2.28. The molecule has 1 aliphatic rings. The van der Waals surface area contributed by atoms with Gasteiger partial charge < -0.3 is 10.2 Å². The summed E-state index contributed by atoms with van der Waals surface area (Å²) in [6, 6.07) is 0. The highest BCUT2D eigenvalue weighted by atomic mass is 35.5. The summed E-state index contributed by atoms with van der Waals surface area (Å²) >= 11 is 0. The minimum absolute atomic E-state index is 0. The summed E-state index contributed by atoms with van der Waals surface area (Å²) in [6.45, 7) is 7.50. The molecule has 128 valence electrons. The van der Waals surface area contributed by atoms with Gasteiger partial charge in [0.2, 0.25) is 5.91 Å². The van der Waals surface area contributed by atoms with Gasteiger partial charge in [0.1, 0.15) is 0 Å². The fraction of sp³-hybridized carbons (Fsp3) is 0.733. The van der Waals surface area contributed by atoms with Crippen LogP contribution in [0.15, 0.2) is 12.4 Å². The molecule has 5 nitrogen and oxygen atoms in total. The number of carbonyl (C=O) groups is 1. The van der Waals surface area contributed by atoms with Gasteiger partial charge >= 0.3 is 0 Å². The van der Waals surface area contributed by atoms with E-state index in [1.54, 1.807) is 0 Å². The molecule has 1 saturated heterocycles. The molecule has 0 spiro atoms. The molecule has 0 aliphatic carbocycles. The Kier molecular flexibility index (Phi) is 9.72. The lowest BCUT2D eigenvalue weighted by molar-refractivity contribution is -0.135. The molecule has 1 aromatic rings. The van der Waals surface area contributed by atoms with Crippen molar-refractivity contribution >= 4 is 30.7 Å². The topological polar surface area (TPSA) is 50.2 Å². The molecule has 0 aromatic carbocycles. The van der Waals surface area contributed by atoms with E-state index >= 15 is 0 Å². The van der Waals surface area contributed by atoms with Crippen LogP contribution in [-0.2, 0) is 11.3 Å². The van der Waals surface area contributed by atoms with Crippen LogP contribution in [0.25, 0.3) is 0 Å². The van der Waals surface area contributed by atoms with E-state index in [0.717, 1.165) is 39.0 Å².